The molecular formula is C12H17N3. The van der Waals surface area contributed by atoms with Crippen LogP contribution in [-0.2, 0) is 0 Å². The van der Waals surface area contributed by atoms with Crippen molar-refractivity contribution in [1.29, 1.82) is 0 Å². The van der Waals surface area contributed by atoms with E-state index < -0.39 is 0 Å². The maximum absolute atomic E-state index is 4.31. The molecule has 0 fully saturated rings. The lowest BCUT2D eigenvalue weighted by Crippen LogP contribution is -1.95. The third kappa shape index (κ3) is 2.65. The van der Waals surface area contributed by atoms with Crippen molar-refractivity contribution in [2.24, 2.45) is 0 Å². The fourth-order valence-electron chi connectivity index (χ4n) is 1.27. The Morgan fingerprint density at radius 3 is 2.60 bits per heavy atom. The van der Waals surface area contributed by atoms with Crippen LogP contribution in [-0.4, -0.2) is 17.0 Å². The molecule has 3 heteroatoms. The van der Waals surface area contributed by atoms with Gasteiger partial charge in [0, 0.05) is 18.6 Å². The minimum atomic E-state index is 0.663. The molecule has 0 unspecified atom stereocenters. The molecule has 15 heavy (non-hydrogen) atoms. The number of aryl methyl sites for hydroxylation is 1. The van der Waals surface area contributed by atoms with Gasteiger partial charge in [-0.25, -0.2) is 9.97 Å². The number of fused-ring (bicyclic) bond motifs is 1. The van der Waals surface area contributed by atoms with Crippen molar-refractivity contribution in [3.8, 4) is 0 Å². The molecule has 80 valence electrons. The fourth-order valence-corrected chi connectivity index (χ4v) is 1.27. The molecule has 2 rings (SSSR count). The Kier molecular flexibility index (Phi) is 4.03. The van der Waals surface area contributed by atoms with Crippen LogP contribution in [0.1, 0.15) is 19.4 Å². The zero-order valence-corrected chi connectivity index (χ0v) is 9.70. The van der Waals surface area contributed by atoms with Crippen LogP contribution in [0.2, 0.25) is 0 Å². The van der Waals surface area contributed by atoms with E-state index in [9.17, 15) is 0 Å². The molecule has 1 N–H and O–H groups in total. The number of aromatic nitrogens is 2. The van der Waals surface area contributed by atoms with Gasteiger partial charge >= 0.3 is 0 Å². The predicted molar refractivity (Wildman–Crippen MR) is 65.2 cm³/mol. The van der Waals surface area contributed by atoms with Crippen LogP contribution >= 0.6 is 0 Å². The number of nitrogens with zero attached hydrogens (tertiary/aromatic N) is 2. The maximum atomic E-state index is 4.31. The highest BCUT2D eigenvalue weighted by Crippen LogP contribution is 2.13. The fraction of sp³-hybridized carbons (Fsp3) is 0.333. The SMILES string of the molecule is CC.CNc1ncc2cc(C)ccc2n1. The molecule has 0 aliphatic heterocycles. The van der Waals surface area contributed by atoms with Crippen molar-refractivity contribution >= 4 is 16.9 Å². The van der Waals surface area contributed by atoms with E-state index in [2.05, 4.69) is 34.3 Å². The summed E-state index contributed by atoms with van der Waals surface area (Å²) in [4.78, 5) is 8.46. The molecule has 1 heterocycles. The van der Waals surface area contributed by atoms with Gasteiger partial charge < -0.3 is 5.32 Å². The summed E-state index contributed by atoms with van der Waals surface area (Å²) in [7, 11) is 1.81. The smallest absolute Gasteiger partial charge is 0.222 e. The zero-order valence-electron chi connectivity index (χ0n) is 9.70. The van der Waals surface area contributed by atoms with Crippen LogP contribution in [0.5, 0.6) is 0 Å². The van der Waals surface area contributed by atoms with Crippen LogP contribution in [0.25, 0.3) is 10.9 Å². The molecule has 0 aliphatic carbocycles. The molecule has 1 aromatic heterocycles. The molecule has 3 nitrogen and oxygen atoms in total. The summed E-state index contributed by atoms with van der Waals surface area (Å²) in [6.07, 6.45) is 1.83. The number of anilines is 1. The quantitative estimate of drug-likeness (QED) is 0.774. The first-order valence-electron chi connectivity index (χ1n) is 5.21. The second-order valence-corrected chi connectivity index (χ2v) is 3.01. The Bertz CT molecular complexity index is 438. The Labute approximate surface area is 90.6 Å². The van der Waals surface area contributed by atoms with Gasteiger partial charge in [-0.3, -0.25) is 0 Å². The van der Waals surface area contributed by atoms with Gasteiger partial charge in [-0.2, -0.15) is 0 Å². The van der Waals surface area contributed by atoms with Crippen molar-refractivity contribution < 1.29 is 0 Å². The van der Waals surface area contributed by atoms with Crippen molar-refractivity contribution in [2.45, 2.75) is 20.8 Å². The summed E-state index contributed by atoms with van der Waals surface area (Å²) in [5.74, 6) is 0.663. The number of hydrogen-bond acceptors (Lipinski definition) is 3. The van der Waals surface area contributed by atoms with E-state index in [1.807, 2.05) is 33.2 Å². The Morgan fingerprint density at radius 2 is 1.93 bits per heavy atom. The number of nitrogens with one attached hydrogen (secondary N) is 1. The normalized spacial score (nSPS) is 9.33. The van der Waals surface area contributed by atoms with Gasteiger partial charge in [0.05, 0.1) is 5.52 Å². The van der Waals surface area contributed by atoms with E-state index in [1.165, 1.54) is 5.56 Å². The summed E-state index contributed by atoms with van der Waals surface area (Å²) in [6, 6.07) is 6.14. The van der Waals surface area contributed by atoms with Crippen molar-refractivity contribution in [3.05, 3.63) is 30.0 Å². The van der Waals surface area contributed by atoms with Gasteiger partial charge in [0.25, 0.3) is 0 Å². The average molecular weight is 203 g/mol. The van der Waals surface area contributed by atoms with Gasteiger partial charge in [0.2, 0.25) is 5.95 Å². The van der Waals surface area contributed by atoms with E-state index in [0.29, 0.717) is 5.95 Å². The summed E-state index contributed by atoms with van der Waals surface area (Å²) < 4.78 is 0. The lowest BCUT2D eigenvalue weighted by atomic mass is 10.2. The highest BCUT2D eigenvalue weighted by molar-refractivity contribution is 5.79. The second kappa shape index (κ2) is 5.29. The lowest BCUT2D eigenvalue weighted by molar-refractivity contribution is 1.19. The van der Waals surface area contributed by atoms with Crippen LogP contribution in [0.3, 0.4) is 0 Å². The van der Waals surface area contributed by atoms with Gasteiger partial charge in [-0.1, -0.05) is 25.5 Å². The van der Waals surface area contributed by atoms with E-state index >= 15 is 0 Å². The van der Waals surface area contributed by atoms with Crippen molar-refractivity contribution in [1.82, 2.24) is 9.97 Å². The summed E-state index contributed by atoms with van der Waals surface area (Å²) in [6.45, 7) is 6.06. The molecule has 0 saturated carbocycles. The van der Waals surface area contributed by atoms with Crippen LogP contribution in [0, 0.1) is 6.92 Å². The summed E-state index contributed by atoms with van der Waals surface area (Å²) >= 11 is 0. The van der Waals surface area contributed by atoms with Gasteiger partial charge in [-0.05, 0) is 19.1 Å². The summed E-state index contributed by atoms with van der Waals surface area (Å²) in [5.41, 5.74) is 2.21. The molecule has 0 aliphatic rings. The molecular weight excluding hydrogens is 186 g/mol. The standard InChI is InChI=1S/C10H11N3.C2H6/c1-7-3-4-9-8(5-7)6-12-10(11-2)13-9;1-2/h3-6H,1-2H3,(H,11,12,13);1-2H3. The van der Waals surface area contributed by atoms with E-state index in [0.717, 1.165) is 10.9 Å². The first-order chi connectivity index (χ1) is 7.29. The molecule has 1 aromatic carbocycles. The maximum Gasteiger partial charge on any atom is 0.222 e. The molecule has 0 atom stereocenters. The predicted octanol–water partition coefficient (Wildman–Crippen LogP) is 3.01. The lowest BCUT2D eigenvalue weighted by Gasteiger charge is -2.01. The summed E-state index contributed by atoms with van der Waals surface area (Å²) in [5, 5.41) is 3.99. The molecule has 2 aromatic rings. The van der Waals surface area contributed by atoms with E-state index in [-0.39, 0.29) is 0 Å². The van der Waals surface area contributed by atoms with Crippen molar-refractivity contribution in [2.75, 3.05) is 12.4 Å². The molecule has 0 saturated heterocycles. The minimum Gasteiger partial charge on any atom is -0.357 e. The molecule has 0 spiro atoms. The largest absolute Gasteiger partial charge is 0.357 e. The average Bonchev–Trinajstić information content (AvgIpc) is 2.31. The zero-order chi connectivity index (χ0) is 11.3. The third-order valence-corrected chi connectivity index (χ3v) is 1.96. The topological polar surface area (TPSA) is 37.8 Å². The minimum absolute atomic E-state index is 0.663. The van der Waals surface area contributed by atoms with Crippen LogP contribution in [0.15, 0.2) is 24.4 Å². The Balaban J connectivity index is 0.000000531. The van der Waals surface area contributed by atoms with Crippen LogP contribution in [0.4, 0.5) is 5.95 Å². The van der Waals surface area contributed by atoms with Crippen molar-refractivity contribution in [3.63, 3.8) is 0 Å². The highest BCUT2D eigenvalue weighted by atomic mass is 15.1. The third-order valence-electron chi connectivity index (χ3n) is 1.96. The Morgan fingerprint density at radius 1 is 1.20 bits per heavy atom. The first-order valence-corrected chi connectivity index (χ1v) is 5.21. The number of hydrogen-bond donors (Lipinski definition) is 1. The second-order valence-electron chi connectivity index (χ2n) is 3.01. The highest BCUT2D eigenvalue weighted by Gasteiger charge is 1.97. The van der Waals surface area contributed by atoms with Gasteiger partial charge in [0.1, 0.15) is 0 Å². The van der Waals surface area contributed by atoms with E-state index in [1.54, 1.807) is 0 Å². The van der Waals surface area contributed by atoms with E-state index in [4.69, 9.17) is 0 Å². The molecule has 0 amide bonds. The molecule has 0 bridgehead atoms. The van der Waals surface area contributed by atoms with Crippen LogP contribution < -0.4 is 5.32 Å². The molecule has 0 radical (unpaired) electrons. The van der Waals surface area contributed by atoms with Gasteiger partial charge in [0.15, 0.2) is 0 Å². The monoisotopic (exact) mass is 203 g/mol. The Hall–Kier alpha value is -1.64. The first kappa shape index (κ1) is 11.4. The number of benzene rings is 1. The number of rotatable bonds is 1. The van der Waals surface area contributed by atoms with Gasteiger partial charge in [-0.15, -0.1) is 0 Å².